The molecule has 0 unspecified atom stereocenters. The number of fused-ring (bicyclic) bond motifs is 3. The van der Waals surface area contributed by atoms with Crippen LogP contribution < -0.4 is 0 Å². The van der Waals surface area contributed by atoms with Gasteiger partial charge >= 0.3 is 0 Å². The number of pyridine rings is 2. The van der Waals surface area contributed by atoms with Crippen LogP contribution in [0, 0.1) is 19.1 Å². The minimum Gasteiger partial charge on any atom is -0.309 e. The number of hydrogen-bond donors (Lipinski definition) is 0. The van der Waals surface area contributed by atoms with Gasteiger partial charge in [-0.3, -0.25) is 0 Å². The van der Waals surface area contributed by atoms with Crippen LogP contribution in [-0.2, 0) is 20.1 Å². The van der Waals surface area contributed by atoms with Gasteiger partial charge in [0, 0.05) is 49.0 Å². The van der Waals surface area contributed by atoms with E-state index in [1.165, 1.54) is 38.6 Å². The van der Waals surface area contributed by atoms with Gasteiger partial charge in [-0.1, -0.05) is 73.7 Å². The average molecular weight is 756 g/mol. The van der Waals surface area contributed by atoms with E-state index in [-0.39, 0.29) is 20.1 Å². The van der Waals surface area contributed by atoms with Crippen molar-refractivity contribution in [2.45, 2.75) is 6.92 Å². The summed E-state index contributed by atoms with van der Waals surface area (Å²) >= 11 is 0. The van der Waals surface area contributed by atoms with Gasteiger partial charge in [0.25, 0.3) is 0 Å². The molecule has 0 fully saturated rings. The molecule has 1 radical (unpaired) electrons. The topological polar surface area (TPSA) is 30.7 Å². The molecular weight excluding hydrogens is 727 g/mol. The Labute approximate surface area is 277 Å². The zero-order valence-corrected chi connectivity index (χ0v) is 27.1. The Morgan fingerprint density at radius 1 is 0.511 bits per heavy atom. The Kier molecular flexibility index (Phi) is 9.07. The van der Waals surface area contributed by atoms with Gasteiger partial charge in [0.05, 0.1) is 11.0 Å². The Morgan fingerprint density at radius 2 is 1.11 bits per heavy atom. The summed E-state index contributed by atoms with van der Waals surface area (Å²) in [5, 5.41) is 2.51. The smallest absolute Gasteiger partial charge is 0.0541 e. The predicted octanol–water partition coefficient (Wildman–Crippen LogP) is 10.2. The molecule has 0 aliphatic rings. The Bertz CT molecular complexity index is 2170. The zero-order valence-electron chi connectivity index (χ0n) is 24.7. The molecule has 3 nitrogen and oxygen atoms in total. The number of para-hydroxylation sites is 2. The molecule has 0 bridgehead atoms. The first-order chi connectivity index (χ1) is 21.7. The maximum atomic E-state index is 4.48. The third kappa shape index (κ3) is 6.39. The molecule has 0 aliphatic heterocycles. The summed E-state index contributed by atoms with van der Waals surface area (Å²) in [5.41, 5.74) is 11.2. The second-order valence-electron chi connectivity index (χ2n) is 10.6. The molecule has 4 heteroatoms. The molecule has 3 aromatic heterocycles. The fraction of sp³-hybridized carbons (Fsp3) is 0.0244. The summed E-state index contributed by atoms with van der Waals surface area (Å²) in [6.45, 7) is 2.07. The molecule has 0 atom stereocenters. The van der Waals surface area contributed by atoms with Crippen molar-refractivity contribution in [3.05, 3.63) is 176 Å². The number of rotatable bonds is 4. The van der Waals surface area contributed by atoms with Crippen molar-refractivity contribution in [3.8, 4) is 39.3 Å². The van der Waals surface area contributed by atoms with Crippen molar-refractivity contribution in [1.82, 2.24) is 14.5 Å². The van der Waals surface area contributed by atoms with Crippen molar-refractivity contribution in [3.63, 3.8) is 0 Å². The predicted molar refractivity (Wildman–Crippen MR) is 182 cm³/mol. The van der Waals surface area contributed by atoms with E-state index >= 15 is 0 Å². The molecule has 0 saturated heterocycles. The van der Waals surface area contributed by atoms with Gasteiger partial charge < -0.3 is 14.5 Å². The molecule has 8 rings (SSSR count). The first-order valence-corrected chi connectivity index (χ1v) is 14.7. The summed E-state index contributed by atoms with van der Waals surface area (Å²) in [6.07, 6.45) is 3.62. The molecular formula is C41H29IrN3-2. The van der Waals surface area contributed by atoms with E-state index in [1.807, 2.05) is 60.8 Å². The standard InChI is InChI=1S/C29H19N2.C12H10N.Ir/c1-2-11-24(12-3-1)31-28-15-5-4-13-25(28)26-20-22(16-17-29(26)31)21-9-8-10-23(19-21)27-14-6-7-18-30-27;1-10-5-4-6-11(9-10)12-7-2-3-8-13-12;/h1-9,11-20H;2-5,7-9H,1H3;/q2*-1;. The molecule has 5 aromatic carbocycles. The molecule has 219 valence electrons. The van der Waals surface area contributed by atoms with E-state index in [0.717, 1.165) is 28.1 Å². The molecule has 0 spiro atoms. The van der Waals surface area contributed by atoms with E-state index in [0.29, 0.717) is 0 Å². The normalized spacial score (nSPS) is 10.6. The Balaban J connectivity index is 0.000000215. The number of nitrogens with zero attached hydrogens (tertiary/aromatic N) is 3. The van der Waals surface area contributed by atoms with Gasteiger partial charge in [0.1, 0.15) is 0 Å². The largest absolute Gasteiger partial charge is 0.309 e. The number of aryl methyl sites for hydroxylation is 1. The van der Waals surface area contributed by atoms with Crippen LogP contribution in [-0.4, -0.2) is 14.5 Å². The molecule has 0 N–H and O–H groups in total. The Morgan fingerprint density at radius 3 is 1.80 bits per heavy atom. The van der Waals surface area contributed by atoms with Crippen LogP contribution in [0.3, 0.4) is 0 Å². The maximum Gasteiger partial charge on any atom is 0.0541 e. The number of hydrogen-bond acceptors (Lipinski definition) is 2. The van der Waals surface area contributed by atoms with Gasteiger partial charge in [-0.05, 0) is 59.4 Å². The second kappa shape index (κ2) is 13.7. The second-order valence-corrected chi connectivity index (χ2v) is 10.6. The van der Waals surface area contributed by atoms with Crippen molar-refractivity contribution < 1.29 is 20.1 Å². The van der Waals surface area contributed by atoms with Crippen molar-refractivity contribution in [2.75, 3.05) is 0 Å². The first-order valence-electron chi connectivity index (χ1n) is 14.7. The van der Waals surface area contributed by atoms with Crippen LogP contribution in [0.25, 0.3) is 61.1 Å². The van der Waals surface area contributed by atoms with E-state index in [4.69, 9.17) is 0 Å². The quantitative estimate of drug-likeness (QED) is 0.168. The minimum atomic E-state index is 0. The van der Waals surface area contributed by atoms with Gasteiger partial charge in [-0.25, -0.2) is 0 Å². The SMILES string of the molecule is Cc1cc[c-]c(-c2ccccn2)c1.[Ir].[c-]1ccc(-c2ccc3c(c2)c2ccccc2n3-c2ccccc2)cc1-c1ccccn1. The number of aromatic nitrogens is 3. The van der Waals surface area contributed by atoms with Crippen molar-refractivity contribution in [2.24, 2.45) is 0 Å². The van der Waals surface area contributed by atoms with E-state index < -0.39 is 0 Å². The molecule has 0 saturated carbocycles. The average Bonchev–Trinajstić information content (AvgIpc) is 3.43. The van der Waals surface area contributed by atoms with Crippen LogP contribution >= 0.6 is 0 Å². The fourth-order valence-electron chi connectivity index (χ4n) is 5.57. The first kappa shape index (κ1) is 29.9. The molecule has 0 amide bonds. The van der Waals surface area contributed by atoms with Gasteiger partial charge in [-0.2, -0.15) is 0 Å². The minimum absolute atomic E-state index is 0. The van der Waals surface area contributed by atoms with Crippen LogP contribution in [0.15, 0.2) is 158 Å². The summed E-state index contributed by atoms with van der Waals surface area (Å²) in [4.78, 5) is 8.74. The van der Waals surface area contributed by atoms with E-state index in [2.05, 4.69) is 125 Å². The summed E-state index contributed by atoms with van der Waals surface area (Å²) in [5.74, 6) is 0. The van der Waals surface area contributed by atoms with Crippen LogP contribution in [0.1, 0.15) is 5.56 Å². The van der Waals surface area contributed by atoms with E-state index in [1.54, 1.807) is 6.20 Å². The van der Waals surface area contributed by atoms with Crippen molar-refractivity contribution >= 4 is 21.8 Å². The molecule has 8 aromatic rings. The van der Waals surface area contributed by atoms with Crippen LogP contribution in [0.2, 0.25) is 0 Å². The summed E-state index contributed by atoms with van der Waals surface area (Å²) in [7, 11) is 0. The van der Waals surface area contributed by atoms with Crippen LogP contribution in [0.4, 0.5) is 0 Å². The van der Waals surface area contributed by atoms with Gasteiger partial charge in [0.2, 0.25) is 0 Å². The zero-order chi connectivity index (χ0) is 29.7. The summed E-state index contributed by atoms with van der Waals surface area (Å²) in [6, 6.07) is 56.6. The van der Waals surface area contributed by atoms with Crippen LogP contribution in [0.5, 0.6) is 0 Å². The third-order valence-electron chi connectivity index (χ3n) is 7.66. The molecule has 3 heterocycles. The van der Waals surface area contributed by atoms with Gasteiger partial charge in [0.15, 0.2) is 0 Å². The fourth-order valence-corrected chi connectivity index (χ4v) is 5.57. The van der Waals surface area contributed by atoms with Crippen molar-refractivity contribution in [1.29, 1.82) is 0 Å². The molecule has 45 heavy (non-hydrogen) atoms. The Hall–Kier alpha value is -5.15. The number of benzene rings is 5. The molecule has 0 aliphatic carbocycles. The summed E-state index contributed by atoms with van der Waals surface area (Å²) < 4.78 is 2.34. The maximum absolute atomic E-state index is 4.48. The monoisotopic (exact) mass is 756 g/mol. The van der Waals surface area contributed by atoms with Gasteiger partial charge in [-0.15, -0.1) is 70.8 Å². The third-order valence-corrected chi connectivity index (χ3v) is 7.66. The van der Waals surface area contributed by atoms with E-state index in [9.17, 15) is 0 Å².